The topological polar surface area (TPSA) is 36.9 Å². The lowest BCUT2D eigenvalue weighted by Crippen LogP contribution is -2.26. The molecule has 3 aromatic carbocycles. The summed E-state index contributed by atoms with van der Waals surface area (Å²) in [6, 6.07) is 12.8. The summed E-state index contributed by atoms with van der Waals surface area (Å²) in [6.45, 7) is 4.48. The van der Waals surface area contributed by atoms with Crippen LogP contribution in [-0.2, 0) is 15.6 Å². The lowest BCUT2D eigenvalue weighted by atomic mass is 10.0. The molecule has 1 saturated heterocycles. The van der Waals surface area contributed by atoms with Crippen molar-refractivity contribution < 1.29 is 45.3 Å². The first-order chi connectivity index (χ1) is 17.0. The summed E-state index contributed by atoms with van der Waals surface area (Å²) < 4.78 is 101. The van der Waals surface area contributed by atoms with Gasteiger partial charge in [0.2, 0.25) is 0 Å². The van der Waals surface area contributed by atoms with Crippen molar-refractivity contribution in [3.8, 4) is 22.6 Å². The Kier molecular flexibility index (Phi) is 7.28. The quantitative estimate of drug-likeness (QED) is 0.246. The monoisotopic (exact) mass is 510 g/mol. The number of alkyl halides is 5. The van der Waals surface area contributed by atoms with Gasteiger partial charge in [0, 0.05) is 23.1 Å². The van der Waals surface area contributed by atoms with Crippen molar-refractivity contribution in [2.75, 3.05) is 13.2 Å². The Morgan fingerprint density at radius 1 is 0.806 bits per heavy atom. The van der Waals surface area contributed by atoms with Crippen molar-refractivity contribution >= 4 is 0 Å². The van der Waals surface area contributed by atoms with Gasteiger partial charge in [0.1, 0.15) is 17.3 Å². The number of hydrogen-bond donors (Lipinski definition) is 0. The minimum absolute atomic E-state index is 0.0141. The molecule has 0 bridgehead atoms. The van der Waals surface area contributed by atoms with Gasteiger partial charge >= 0.3 is 12.5 Å². The summed E-state index contributed by atoms with van der Waals surface area (Å²) in [5, 5.41) is 0. The average Bonchev–Trinajstić information content (AvgIpc) is 2.84. The van der Waals surface area contributed by atoms with E-state index < -0.39 is 41.6 Å². The van der Waals surface area contributed by atoms with E-state index in [1.54, 1.807) is 6.08 Å². The fourth-order valence-electron chi connectivity index (χ4n) is 3.52. The molecule has 0 atom stereocenters. The summed E-state index contributed by atoms with van der Waals surface area (Å²) >= 11 is 0. The van der Waals surface area contributed by atoms with Crippen LogP contribution in [0.4, 0.5) is 26.3 Å². The van der Waals surface area contributed by atoms with Gasteiger partial charge in [0.25, 0.3) is 0 Å². The van der Waals surface area contributed by atoms with E-state index >= 15 is 0 Å². The first kappa shape index (κ1) is 25.6. The van der Waals surface area contributed by atoms with Crippen LogP contribution in [0.5, 0.6) is 11.5 Å². The van der Waals surface area contributed by atoms with Crippen LogP contribution in [0, 0.1) is 11.7 Å². The lowest BCUT2D eigenvalue weighted by molar-refractivity contribution is -0.274. The molecule has 3 aromatic rings. The van der Waals surface area contributed by atoms with E-state index in [0.717, 1.165) is 36.4 Å². The van der Waals surface area contributed by atoms with Crippen molar-refractivity contribution in [3.05, 3.63) is 96.3 Å². The van der Waals surface area contributed by atoms with Crippen LogP contribution < -0.4 is 9.47 Å². The molecule has 1 fully saturated rings. The first-order valence-electron chi connectivity index (χ1n) is 10.7. The van der Waals surface area contributed by atoms with E-state index in [0.29, 0.717) is 18.8 Å². The van der Waals surface area contributed by atoms with Gasteiger partial charge in [0.15, 0.2) is 6.29 Å². The smallest absolute Gasteiger partial charge is 0.429 e. The van der Waals surface area contributed by atoms with E-state index in [-0.39, 0.29) is 17.0 Å². The summed E-state index contributed by atoms with van der Waals surface area (Å²) in [6.07, 6.45) is -7.59. The normalized spacial score (nSPS) is 18.5. The molecular weight excluding hydrogens is 490 g/mol. The third kappa shape index (κ3) is 6.19. The molecule has 0 aliphatic carbocycles. The van der Waals surface area contributed by atoms with Gasteiger partial charge in [-0.3, -0.25) is 0 Å². The lowest BCUT2D eigenvalue weighted by Gasteiger charge is -2.28. The Hall–Kier alpha value is -3.50. The molecule has 190 valence electrons. The zero-order chi connectivity index (χ0) is 25.9. The molecule has 4 nitrogen and oxygen atoms in total. The van der Waals surface area contributed by atoms with E-state index in [1.165, 1.54) is 30.3 Å². The molecule has 0 unspecified atom stereocenters. The van der Waals surface area contributed by atoms with E-state index in [1.807, 2.05) is 0 Å². The van der Waals surface area contributed by atoms with Crippen molar-refractivity contribution in [2.24, 2.45) is 5.92 Å². The highest BCUT2D eigenvalue weighted by Crippen LogP contribution is 2.35. The largest absolute Gasteiger partial charge is 0.573 e. The van der Waals surface area contributed by atoms with Gasteiger partial charge < -0.3 is 18.9 Å². The molecule has 0 amide bonds. The molecule has 0 aromatic heterocycles. The van der Waals surface area contributed by atoms with Crippen LogP contribution in [0.1, 0.15) is 17.4 Å². The summed E-state index contributed by atoms with van der Waals surface area (Å²) in [5.74, 6) is -1.74. The highest BCUT2D eigenvalue weighted by atomic mass is 19.4. The second-order valence-corrected chi connectivity index (χ2v) is 7.95. The molecule has 0 N–H and O–H groups in total. The van der Waals surface area contributed by atoms with Crippen LogP contribution in [0.3, 0.4) is 0 Å². The van der Waals surface area contributed by atoms with Crippen LogP contribution in [0.25, 0.3) is 11.1 Å². The summed E-state index contributed by atoms with van der Waals surface area (Å²) in [5.41, 5.74) is 0.303. The number of rotatable bonds is 7. The minimum atomic E-state index is -4.86. The number of hydrogen-bond acceptors (Lipinski definition) is 4. The Morgan fingerprint density at radius 2 is 1.42 bits per heavy atom. The predicted octanol–water partition coefficient (Wildman–Crippen LogP) is 7.37. The molecule has 0 spiro atoms. The first-order valence-corrected chi connectivity index (χ1v) is 10.7. The minimum Gasteiger partial charge on any atom is -0.429 e. The number of ether oxygens (including phenoxy) is 4. The molecule has 1 heterocycles. The molecule has 36 heavy (non-hydrogen) atoms. The van der Waals surface area contributed by atoms with Gasteiger partial charge in [-0.05, 0) is 42.0 Å². The maximum Gasteiger partial charge on any atom is 0.573 e. The highest BCUT2D eigenvalue weighted by Gasteiger charge is 2.35. The van der Waals surface area contributed by atoms with E-state index in [2.05, 4.69) is 11.3 Å². The predicted molar refractivity (Wildman–Crippen MR) is 118 cm³/mol. The van der Waals surface area contributed by atoms with Gasteiger partial charge in [-0.25, -0.2) is 4.39 Å². The number of benzene rings is 3. The third-order valence-corrected chi connectivity index (χ3v) is 5.36. The Morgan fingerprint density at radius 3 is 1.97 bits per heavy atom. The zero-order valence-electron chi connectivity index (χ0n) is 18.6. The molecule has 1 aliphatic rings. The SMILES string of the molecule is C=CC1COC(c2ccc(C(F)(F)Oc3ccc(-c4ccc(OC(F)(F)F)cc4)c(F)c3)cc2)OC1. The zero-order valence-corrected chi connectivity index (χ0v) is 18.6. The van der Waals surface area contributed by atoms with Crippen LogP contribution in [0.15, 0.2) is 79.4 Å². The Labute approximate surface area is 202 Å². The maximum absolute atomic E-state index is 14.7. The second-order valence-electron chi connectivity index (χ2n) is 7.95. The van der Waals surface area contributed by atoms with Crippen molar-refractivity contribution in [1.82, 2.24) is 0 Å². The van der Waals surface area contributed by atoms with Gasteiger partial charge in [-0.1, -0.05) is 30.3 Å². The Bertz CT molecular complexity index is 1180. The van der Waals surface area contributed by atoms with Crippen molar-refractivity contribution in [1.29, 1.82) is 0 Å². The van der Waals surface area contributed by atoms with Crippen molar-refractivity contribution in [2.45, 2.75) is 18.8 Å². The molecule has 0 saturated carbocycles. The molecule has 10 heteroatoms. The standard InChI is InChI=1S/C26H20F6O4/c1-2-16-14-33-24(34-15-16)18-3-7-19(8-4-18)25(28,29)35-21-11-12-22(23(27)13-21)17-5-9-20(10-6-17)36-26(30,31)32/h2-13,16,24H,1,14-15H2. The van der Waals surface area contributed by atoms with Crippen molar-refractivity contribution in [3.63, 3.8) is 0 Å². The molecule has 1 aliphatic heterocycles. The van der Waals surface area contributed by atoms with Gasteiger partial charge in [-0.15, -0.1) is 19.8 Å². The average molecular weight is 510 g/mol. The number of halogens is 6. The van der Waals surface area contributed by atoms with E-state index in [4.69, 9.17) is 14.2 Å². The molecule has 4 rings (SSSR count). The fourth-order valence-corrected chi connectivity index (χ4v) is 3.52. The molecular formula is C26H20F6O4. The third-order valence-electron chi connectivity index (χ3n) is 5.36. The highest BCUT2D eigenvalue weighted by molar-refractivity contribution is 5.65. The van der Waals surface area contributed by atoms with Gasteiger partial charge in [0.05, 0.1) is 18.8 Å². The van der Waals surface area contributed by atoms with Crippen LogP contribution in [-0.4, -0.2) is 19.6 Å². The summed E-state index contributed by atoms with van der Waals surface area (Å²) in [7, 11) is 0. The maximum atomic E-state index is 14.7. The second kappa shape index (κ2) is 10.2. The van der Waals surface area contributed by atoms with E-state index in [9.17, 15) is 26.3 Å². The fraction of sp³-hybridized carbons (Fsp3) is 0.231. The Balaban J connectivity index is 1.43. The van der Waals surface area contributed by atoms with Crippen LogP contribution >= 0.6 is 0 Å². The summed E-state index contributed by atoms with van der Waals surface area (Å²) in [4.78, 5) is 0. The van der Waals surface area contributed by atoms with Gasteiger partial charge in [-0.2, -0.15) is 8.78 Å². The van der Waals surface area contributed by atoms with Crippen LogP contribution in [0.2, 0.25) is 0 Å². The molecule has 0 radical (unpaired) electrons.